The second-order valence-corrected chi connectivity index (χ2v) is 6.25. The summed E-state index contributed by atoms with van der Waals surface area (Å²) < 4.78 is 0. The van der Waals surface area contributed by atoms with Crippen LogP contribution in [0, 0.1) is 15.5 Å². The fraction of sp³-hybridized carbons (Fsp3) is 0.538. The number of nitrogens with zero attached hydrogens (tertiary/aromatic N) is 2. The van der Waals surface area contributed by atoms with E-state index in [9.17, 15) is 14.9 Å². The lowest BCUT2D eigenvalue weighted by Gasteiger charge is -2.17. The van der Waals surface area contributed by atoms with Crippen LogP contribution in [0.5, 0.6) is 0 Å². The SMILES string of the molecule is CC1(C)CCC(NC(=O)c2cc(Cl)ncc2[N+](=O)[O-])C1. The molecule has 0 aliphatic heterocycles. The fourth-order valence-electron chi connectivity index (χ4n) is 2.57. The summed E-state index contributed by atoms with van der Waals surface area (Å²) in [6.45, 7) is 4.29. The lowest BCUT2D eigenvalue weighted by Crippen LogP contribution is -2.33. The van der Waals surface area contributed by atoms with Crippen molar-refractivity contribution in [1.82, 2.24) is 10.3 Å². The van der Waals surface area contributed by atoms with E-state index in [-0.39, 0.29) is 27.9 Å². The Bertz CT molecular complexity index is 560. The maximum atomic E-state index is 12.2. The predicted molar refractivity (Wildman–Crippen MR) is 74.8 cm³/mol. The summed E-state index contributed by atoms with van der Waals surface area (Å²) in [7, 11) is 0. The number of aromatic nitrogens is 1. The highest BCUT2D eigenvalue weighted by Crippen LogP contribution is 2.37. The van der Waals surface area contributed by atoms with Gasteiger partial charge in [0.05, 0.1) is 4.92 Å². The lowest BCUT2D eigenvalue weighted by molar-refractivity contribution is -0.385. The molecule has 6 nitrogen and oxygen atoms in total. The third kappa shape index (κ3) is 3.25. The molecule has 1 atom stereocenters. The molecule has 0 radical (unpaired) electrons. The van der Waals surface area contributed by atoms with Gasteiger partial charge in [0.1, 0.15) is 16.9 Å². The van der Waals surface area contributed by atoms with Crippen LogP contribution in [0.15, 0.2) is 12.3 Å². The highest BCUT2D eigenvalue weighted by molar-refractivity contribution is 6.29. The first-order valence-corrected chi connectivity index (χ1v) is 6.77. The second kappa shape index (κ2) is 5.36. The first-order chi connectivity index (χ1) is 9.28. The molecule has 1 aliphatic carbocycles. The number of carbonyl (C=O) groups is 1. The van der Waals surface area contributed by atoms with Crippen LogP contribution in [-0.4, -0.2) is 21.9 Å². The Morgan fingerprint density at radius 2 is 2.30 bits per heavy atom. The summed E-state index contributed by atoms with van der Waals surface area (Å²) >= 11 is 5.71. The van der Waals surface area contributed by atoms with E-state index < -0.39 is 10.8 Å². The Morgan fingerprint density at radius 3 is 2.85 bits per heavy atom. The minimum atomic E-state index is -0.628. The molecule has 1 amide bonds. The van der Waals surface area contributed by atoms with Gasteiger partial charge in [-0.1, -0.05) is 25.4 Å². The largest absolute Gasteiger partial charge is 0.349 e. The fourth-order valence-corrected chi connectivity index (χ4v) is 2.73. The van der Waals surface area contributed by atoms with Gasteiger partial charge in [0, 0.05) is 6.04 Å². The third-order valence-electron chi connectivity index (χ3n) is 3.59. The van der Waals surface area contributed by atoms with E-state index in [1.54, 1.807) is 0 Å². The average molecular weight is 298 g/mol. The molecule has 1 heterocycles. The summed E-state index contributed by atoms with van der Waals surface area (Å²) in [4.78, 5) is 26.1. The first-order valence-electron chi connectivity index (χ1n) is 6.39. The zero-order valence-electron chi connectivity index (χ0n) is 11.4. The normalized spacial score (nSPS) is 20.6. The Kier molecular flexibility index (Phi) is 3.94. The van der Waals surface area contributed by atoms with Gasteiger partial charge in [-0.3, -0.25) is 14.9 Å². The minimum absolute atomic E-state index is 0.0419. The van der Waals surface area contributed by atoms with Crippen molar-refractivity contribution in [2.75, 3.05) is 0 Å². The van der Waals surface area contributed by atoms with Gasteiger partial charge in [0.25, 0.3) is 11.6 Å². The van der Waals surface area contributed by atoms with Crippen molar-refractivity contribution < 1.29 is 9.72 Å². The molecule has 0 aromatic carbocycles. The number of hydrogen-bond acceptors (Lipinski definition) is 4. The van der Waals surface area contributed by atoms with E-state index in [0.717, 1.165) is 25.5 Å². The van der Waals surface area contributed by atoms with Crippen LogP contribution in [0.2, 0.25) is 5.15 Å². The van der Waals surface area contributed by atoms with E-state index in [1.165, 1.54) is 6.07 Å². The lowest BCUT2D eigenvalue weighted by atomic mass is 9.92. The van der Waals surface area contributed by atoms with Crippen molar-refractivity contribution in [1.29, 1.82) is 0 Å². The Morgan fingerprint density at radius 1 is 1.60 bits per heavy atom. The van der Waals surface area contributed by atoms with E-state index in [4.69, 9.17) is 11.6 Å². The number of halogens is 1. The quantitative estimate of drug-likeness (QED) is 0.528. The Balaban J connectivity index is 2.17. The van der Waals surface area contributed by atoms with Gasteiger partial charge in [-0.05, 0) is 30.7 Å². The minimum Gasteiger partial charge on any atom is -0.349 e. The topological polar surface area (TPSA) is 85.1 Å². The number of pyridine rings is 1. The molecule has 1 aromatic heterocycles. The smallest absolute Gasteiger partial charge is 0.300 e. The molecule has 2 rings (SSSR count). The maximum absolute atomic E-state index is 12.2. The van der Waals surface area contributed by atoms with Gasteiger partial charge < -0.3 is 5.32 Å². The Labute approximate surface area is 121 Å². The van der Waals surface area contributed by atoms with Crippen LogP contribution >= 0.6 is 11.6 Å². The van der Waals surface area contributed by atoms with Crippen LogP contribution in [0.3, 0.4) is 0 Å². The van der Waals surface area contributed by atoms with Crippen molar-refractivity contribution in [2.24, 2.45) is 5.41 Å². The van der Waals surface area contributed by atoms with E-state index in [2.05, 4.69) is 24.1 Å². The summed E-state index contributed by atoms with van der Waals surface area (Å²) in [5.74, 6) is -0.469. The molecule has 0 saturated heterocycles. The molecule has 1 aromatic rings. The average Bonchev–Trinajstić information content (AvgIpc) is 2.68. The molecule has 20 heavy (non-hydrogen) atoms. The molecule has 1 saturated carbocycles. The number of rotatable bonds is 3. The summed E-state index contributed by atoms with van der Waals surface area (Å²) in [6.07, 6.45) is 3.78. The molecule has 1 fully saturated rings. The third-order valence-corrected chi connectivity index (χ3v) is 3.80. The van der Waals surface area contributed by atoms with Gasteiger partial charge in [-0.2, -0.15) is 0 Å². The molecule has 1 aliphatic rings. The summed E-state index contributed by atoms with van der Waals surface area (Å²) in [5, 5.41) is 13.8. The van der Waals surface area contributed by atoms with Gasteiger partial charge in [-0.15, -0.1) is 0 Å². The molecule has 108 valence electrons. The maximum Gasteiger partial charge on any atom is 0.300 e. The second-order valence-electron chi connectivity index (χ2n) is 5.86. The van der Waals surface area contributed by atoms with Crippen LogP contribution in [0.4, 0.5) is 5.69 Å². The summed E-state index contributed by atoms with van der Waals surface area (Å²) in [6, 6.07) is 1.28. The van der Waals surface area contributed by atoms with Crippen molar-refractivity contribution in [2.45, 2.75) is 39.2 Å². The number of hydrogen-bond donors (Lipinski definition) is 1. The molecule has 0 bridgehead atoms. The zero-order valence-corrected chi connectivity index (χ0v) is 12.1. The highest BCUT2D eigenvalue weighted by Gasteiger charge is 2.33. The van der Waals surface area contributed by atoms with Crippen LogP contribution in [0.1, 0.15) is 43.5 Å². The molecular formula is C13H16ClN3O3. The van der Waals surface area contributed by atoms with Crippen LogP contribution in [0.25, 0.3) is 0 Å². The molecule has 1 N–H and O–H groups in total. The molecule has 7 heteroatoms. The standard InChI is InChI=1S/C13H16ClN3O3/c1-13(2)4-3-8(6-13)16-12(18)9-5-11(14)15-7-10(9)17(19)20/h5,7-8H,3-4,6H2,1-2H3,(H,16,18). The highest BCUT2D eigenvalue weighted by atomic mass is 35.5. The number of carbonyl (C=O) groups excluding carboxylic acids is 1. The number of amides is 1. The Hall–Kier alpha value is -1.69. The van der Waals surface area contributed by atoms with Crippen molar-refractivity contribution in [3.8, 4) is 0 Å². The van der Waals surface area contributed by atoms with Crippen LogP contribution in [-0.2, 0) is 0 Å². The van der Waals surface area contributed by atoms with Gasteiger partial charge in [0.2, 0.25) is 0 Å². The predicted octanol–water partition coefficient (Wildman–Crippen LogP) is 2.95. The summed E-state index contributed by atoms with van der Waals surface area (Å²) in [5.41, 5.74) is -0.177. The van der Waals surface area contributed by atoms with Crippen LogP contribution < -0.4 is 5.32 Å². The molecule has 1 unspecified atom stereocenters. The zero-order chi connectivity index (χ0) is 14.9. The van der Waals surface area contributed by atoms with E-state index in [1.807, 2.05) is 0 Å². The van der Waals surface area contributed by atoms with Gasteiger partial charge >= 0.3 is 0 Å². The van der Waals surface area contributed by atoms with E-state index >= 15 is 0 Å². The molecular weight excluding hydrogens is 282 g/mol. The number of nitro groups is 1. The van der Waals surface area contributed by atoms with Gasteiger partial charge in [-0.25, -0.2) is 4.98 Å². The van der Waals surface area contributed by atoms with E-state index in [0.29, 0.717) is 0 Å². The van der Waals surface area contributed by atoms with Gasteiger partial charge in [0.15, 0.2) is 0 Å². The molecule has 0 spiro atoms. The first kappa shape index (κ1) is 14.7. The van der Waals surface area contributed by atoms with Crippen molar-refractivity contribution in [3.05, 3.63) is 33.1 Å². The monoisotopic (exact) mass is 297 g/mol. The number of nitrogens with one attached hydrogen (secondary N) is 1. The van der Waals surface area contributed by atoms with Crippen molar-refractivity contribution >= 4 is 23.2 Å². The van der Waals surface area contributed by atoms with Crippen molar-refractivity contribution in [3.63, 3.8) is 0 Å².